The van der Waals surface area contributed by atoms with Gasteiger partial charge < -0.3 is 5.11 Å². The van der Waals surface area contributed by atoms with Gasteiger partial charge in [-0.2, -0.15) is 0 Å². The van der Waals surface area contributed by atoms with Crippen LogP contribution in [-0.4, -0.2) is 11.1 Å². The van der Waals surface area contributed by atoms with Crippen LogP contribution >= 0.6 is 0 Å². The molecule has 1 aromatic rings. The van der Waals surface area contributed by atoms with E-state index in [1.165, 1.54) is 0 Å². The molecule has 1 N–H and O–H groups in total. The van der Waals surface area contributed by atoms with Gasteiger partial charge in [0.2, 0.25) is 0 Å². The van der Waals surface area contributed by atoms with Crippen molar-refractivity contribution in [2.24, 2.45) is 0 Å². The van der Waals surface area contributed by atoms with Gasteiger partial charge >= 0.3 is 5.97 Å². The van der Waals surface area contributed by atoms with Crippen LogP contribution in [0.4, 0.5) is 4.39 Å². The van der Waals surface area contributed by atoms with Gasteiger partial charge in [-0.1, -0.05) is 24.3 Å². The number of rotatable bonds is 3. The number of carboxylic acid groups (broad SMARTS) is 1. The number of halogens is 1. The maximum absolute atomic E-state index is 12.4. The summed E-state index contributed by atoms with van der Waals surface area (Å²) in [6.07, 6.45) is 1.33. The SMILES string of the molecule is O=C(O)C1(c2cccc(CF)c2)CC1. The molecule has 2 rings (SSSR count). The van der Waals surface area contributed by atoms with Crippen LogP contribution in [0.2, 0.25) is 0 Å². The first-order valence-corrected chi connectivity index (χ1v) is 4.58. The molecule has 0 aromatic heterocycles. The van der Waals surface area contributed by atoms with Gasteiger partial charge in [0.25, 0.3) is 0 Å². The minimum Gasteiger partial charge on any atom is -0.481 e. The summed E-state index contributed by atoms with van der Waals surface area (Å²) < 4.78 is 12.4. The highest BCUT2D eigenvalue weighted by Crippen LogP contribution is 2.48. The quantitative estimate of drug-likeness (QED) is 0.801. The van der Waals surface area contributed by atoms with Gasteiger partial charge in [-0.15, -0.1) is 0 Å². The lowest BCUT2D eigenvalue weighted by Gasteiger charge is -2.10. The standard InChI is InChI=1S/C11H11FO2/c12-7-8-2-1-3-9(6-8)11(4-5-11)10(13)14/h1-3,6H,4-5,7H2,(H,13,14). The van der Waals surface area contributed by atoms with E-state index < -0.39 is 18.1 Å². The second kappa shape index (κ2) is 3.08. The first kappa shape index (κ1) is 9.19. The molecule has 74 valence electrons. The Bertz CT molecular complexity index is 369. The summed E-state index contributed by atoms with van der Waals surface area (Å²) in [4.78, 5) is 11.0. The number of carboxylic acids is 1. The molecule has 0 saturated heterocycles. The third kappa shape index (κ3) is 1.29. The fourth-order valence-electron chi connectivity index (χ4n) is 1.70. The molecule has 14 heavy (non-hydrogen) atoms. The number of hydrogen-bond donors (Lipinski definition) is 1. The van der Waals surface area contributed by atoms with Crippen molar-refractivity contribution in [3.05, 3.63) is 35.4 Å². The maximum atomic E-state index is 12.4. The van der Waals surface area contributed by atoms with Crippen molar-refractivity contribution in [1.29, 1.82) is 0 Å². The van der Waals surface area contributed by atoms with E-state index in [0.717, 1.165) is 5.56 Å². The Kier molecular flexibility index (Phi) is 2.02. The van der Waals surface area contributed by atoms with Crippen molar-refractivity contribution >= 4 is 5.97 Å². The van der Waals surface area contributed by atoms with Crippen LogP contribution < -0.4 is 0 Å². The first-order valence-electron chi connectivity index (χ1n) is 4.58. The van der Waals surface area contributed by atoms with E-state index >= 15 is 0 Å². The van der Waals surface area contributed by atoms with Crippen LogP contribution in [0.15, 0.2) is 24.3 Å². The summed E-state index contributed by atoms with van der Waals surface area (Å²) in [6, 6.07) is 6.80. The molecule has 0 unspecified atom stereocenters. The van der Waals surface area contributed by atoms with E-state index in [4.69, 9.17) is 5.11 Å². The molecular formula is C11H11FO2. The topological polar surface area (TPSA) is 37.3 Å². The van der Waals surface area contributed by atoms with Crippen LogP contribution in [0.3, 0.4) is 0 Å². The zero-order valence-corrected chi connectivity index (χ0v) is 7.66. The van der Waals surface area contributed by atoms with Gasteiger partial charge in [0.1, 0.15) is 6.67 Å². The first-order chi connectivity index (χ1) is 6.69. The van der Waals surface area contributed by atoms with Crippen molar-refractivity contribution in [2.75, 3.05) is 0 Å². The molecule has 1 aliphatic carbocycles. The van der Waals surface area contributed by atoms with E-state index in [1.54, 1.807) is 24.3 Å². The molecule has 0 radical (unpaired) electrons. The number of aliphatic carboxylic acids is 1. The Morgan fingerprint density at radius 1 is 1.50 bits per heavy atom. The highest BCUT2D eigenvalue weighted by Gasteiger charge is 2.51. The largest absolute Gasteiger partial charge is 0.481 e. The maximum Gasteiger partial charge on any atom is 0.314 e. The van der Waals surface area contributed by atoms with E-state index in [9.17, 15) is 9.18 Å². The molecule has 1 fully saturated rings. The molecule has 1 aromatic carbocycles. The van der Waals surface area contributed by atoms with Crippen LogP contribution in [0.5, 0.6) is 0 Å². The third-order valence-electron chi connectivity index (χ3n) is 2.79. The van der Waals surface area contributed by atoms with Crippen molar-refractivity contribution in [3.63, 3.8) is 0 Å². The molecular weight excluding hydrogens is 183 g/mol. The van der Waals surface area contributed by atoms with E-state index in [0.29, 0.717) is 18.4 Å². The average Bonchev–Trinajstić information content (AvgIpc) is 2.98. The minimum atomic E-state index is -0.798. The molecule has 0 amide bonds. The van der Waals surface area contributed by atoms with Crippen molar-refractivity contribution < 1.29 is 14.3 Å². The van der Waals surface area contributed by atoms with Crippen LogP contribution in [0.1, 0.15) is 24.0 Å². The normalized spacial score (nSPS) is 17.8. The van der Waals surface area contributed by atoms with Crippen LogP contribution in [0, 0.1) is 0 Å². The zero-order valence-electron chi connectivity index (χ0n) is 7.66. The van der Waals surface area contributed by atoms with Crippen molar-refractivity contribution in [3.8, 4) is 0 Å². The summed E-state index contributed by atoms with van der Waals surface area (Å²) in [5, 5.41) is 9.03. The second-order valence-electron chi connectivity index (χ2n) is 3.72. The van der Waals surface area contributed by atoms with Crippen LogP contribution in [0.25, 0.3) is 0 Å². The monoisotopic (exact) mass is 194 g/mol. The summed E-state index contributed by atoms with van der Waals surface area (Å²) >= 11 is 0. The summed E-state index contributed by atoms with van der Waals surface area (Å²) in [6.45, 7) is -0.538. The number of alkyl halides is 1. The van der Waals surface area contributed by atoms with Gasteiger partial charge in [-0.05, 0) is 24.0 Å². The molecule has 1 aliphatic rings. The fraction of sp³-hybridized carbons (Fsp3) is 0.364. The molecule has 0 spiro atoms. The van der Waals surface area contributed by atoms with E-state index in [-0.39, 0.29) is 0 Å². The number of hydrogen-bond acceptors (Lipinski definition) is 1. The van der Waals surface area contributed by atoms with Crippen LogP contribution in [-0.2, 0) is 16.9 Å². The van der Waals surface area contributed by atoms with Crippen molar-refractivity contribution in [2.45, 2.75) is 24.9 Å². The average molecular weight is 194 g/mol. The number of carbonyl (C=O) groups is 1. The second-order valence-corrected chi connectivity index (χ2v) is 3.72. The minimum absolute atomic E-state index is 0.538. The van der Waals surface area contributed by atoms with Gasteiger partial charge in [0, 0.05) is 0 Å². The zero-order chi connectivity index (χ0) is 10.2. The summed E-state index contributed by atoms with van der Waals surface area (Å²) in [5.41, 5.74) is 0.570. The van der Waals surface area contributed by atoms with Gasteiger partial charge in [-0.25, -0.2) is 4.39 Å². The Labute approximate surface area is 81.4 Å². The van der Waals surface area contributed by atoms with Crippen molar-refractivity contribution in [1.82, 2.24) is 0 Å². The highest BCUT2D eigenvalue weighted by atomic mass is 19.1. The predicted molar refractivity (Wildman–Crippen MR) is 49.8 cm³/mol. The molecule has 0 aliphatic heterocycles. The molecule has 0 bridgehead atoms. The molecule has 3 heteroatoms. The summed E-state index contributed by atoms with van der Waals surface area (Å²) in [5.74, 6) is -0.798. The van der Waals surface area contributed by atoms with Gasteiger partial charge in [-0.3, -0.25) is 4.79 Å². The lowest BCUT2D eigenvalue weighted by molar-refractivity contribution is -0.140. The predicted octanol–water partition coefficient (Wildman–Crippen LogP) is 2.27. The Balaban J connectivity index is 2.37. The molecule has 0 heterocycles. The van der Waals surface area contributed by atoms with E-state index in [2.05, 4.69) is 0 Å². The molecule has 2 nitrogen and oxygen atoms in total. The van der Waals surface area contributed by atoms with E-state index in [1.807, 2.05) is 0 Å². The Morgan fingerprint density at radius 2 is 2.21 bits per heavy atom. The Morgan fingerprint density at radius 3 is 2.71 bits per heavy atom. The molecule has 0 atom stereocenters. The third-order valence-corrected chi connectivity index (χ3v) is 2.79. The van der Waals surface area contributed by atoms with Gasteiger partial charge in [0.15, 0.2) is 0 Å². The lowest BCUT2D eigenvalue weighted by Crippen LogP contribution is -2.19. The molecule has 1 saturated carbocycles. The Hall–Kier alpha value is -1.38. The smallest absolute Gasteiger partial charge is 0.314 e. The highest BCUT2D eigenvalue weighted by molar-refractivity contribution is 5.84. The van der Waals surface area contributed by atoms with Gasteiger partial charge in [0.05, 0.1) is 5.41 Å². The summed E-state index contributed by atoms with van der Waals surface area (Å²) in [7, 11) is 0. The number of benzene rings is 1. The fourth-order valence-corrected chi connectivity index (χ4v) is 1.70. The lowest BCUT2D eigenvalue weighted by atomic mass is 9.95.